The minimum atomic E-state index is -5.73. The van der Waals surface area contributed by atoms with Gasteiger partial charge in [0, 0.05) is 24.7 Å². The first kappa shape index (κ1) is 27.8. The van der Waals surface area contributed by atoms with Crippen LogP contribution in [-0.4, -0.2) is 58.6 Å². The number of rotatable bonds is 8. The normalized spacial score (nSPS) is 20.1. The summed E-state index contributed by atoms with van der Waals surface area (Å²) < 4.78 is 66.8. The number of amides is 1. The fraction of sp³-hybridized carbons (Fsp3) is 0.625. The molecule has 13 heteroatoms. The van der Waals surface area contributed by atoms with Crippen LogP contribution in [0.2, 0.25) is 5.02 Å². The molecule has 1 saturated heterocycles. The minimum absolute atomic E-state index is 0.109. The summed E-state index contributed by atoms with van der Waals surface area (Å²) in [5.74, 6) is -0.211. The van der Waals surface area contributed by atoms with Gasteiger partial charge in [0.2, 0.25) is 5.91 Å². The number of nitrogens with zero attached hydrogens (tertiary/aromatic N) is 4. The summed E-state index contributed by atoms with van der Waals surface area (Å²) in [5, 5.41) is 4.70. The van der Waals surface area contributed by atoms with Crippen LogP contribution in [0.5, 0.6) is 0 Å². The second-order valence-electron chi connectivity index (χ2n) is 10.1. The molecule has 1 saturated carbocycles. The molecule has 2 aliphatic rings. The molecule has 4 rings (SSSR count). The van der Waals surface area contributed by atoms with Crippen LogP contribution in [0.1, 0.15) is 50.5 Å². The number of nitrogens with one attached hydrogen (secondary N) is 1. The minimum Gasteiger partial charge on any atom is -0.341 e. The number of piperidine rings is 1. The van der Waals surface area contributed by atoms with Gasteiger partial charge in [-0.25, -0.2) is 13.4 Å². The smallest absolute Gasteiger partial charge is 0.341 e. The fourth-order valence-corrected chi connectivity index (χ4v) is 6.55. The van der Waals surface area contributed by atoms with E-state index in [2.05, 4.69) is 10.1 Å². The Balaban J connectivity index is 1.52. The first-order valence-corrected chi connectivity index (χ1v) is 14.3. The van der Waals surface area contributed by atoms with Crippen molar-refractivity contribution in [1.29, 1.82) is 0 Å². The summed E-state index contributed by atoms with van der Waals surface area (Å²) in [6.45, 7) is 1.32. The van der Waals surface area contributed by atoms with Crippen LogP contribution in [0.3, 0.4) is 0 Å². The standard InChI is InChI=1S/C24H31ClF3N5O3S/c25-20-8-6-18(7-9-20)14-21(31-37(35,36)24(26,27)28)22(34)32-12-10-23(11-13-32,15-33-17-29-16-30-33)19-4-2-1-3-5-19/h6-9,16-17,19,21,31H,1-5,10-15H2/t21-/m1/s1. The number of benzene rings is 1. The predicted octanol–water partition coefficient (Wildman–Crippen LogP) is 4.17. The van der Waals surface area contributed by atoms with Crippen molar-refractivity contribution < 1.29 is 26.4 Å². The van der Waals surface area contributed by atoms with Gasteiger partial charge in [-0.15, -0.1) is 0 Å². The molecule has 1 N–H and O–H groups in total. The Bertz CT molecular complexity index is 1150. The van der Waals surface area contributed by atoms with Crippen molar-refractivity contribution in [3.05, 3.63) is 47.5 Å². The van der Waals surface area contributed by atoms with Gasteiger partial charge in [0.15, 0.2) is 0 Å². The number of halogens is 4. The topological polar surface area (TPSA) is 97.2 Å². The maximum Gasteiger partial charge on any atom is 0.511 e. The number of alkyl halides is 3. The van der Waals surface area contributed by atoms with Crippen molar-refractivity contribution in [2.24, 2.45) is 11.3 Å². The first-order chi connectivity index (χ1) is 17.5. The highest BCUT2D eigenvalue weighted by molar-refractivity contribution is 7.90. The molecule has 1 aromatic carbocycles. The summed E-state index contributed by atoms with van der Waals surface area (Å²) >= 11 is 5.89. The molecule has 0 unspecified atom stereocenters. The van der Waals surface area contributed by atoms with Gasteiger partial charge in [0.1, 0.15) is 18.7 Å². The Morgan fingerprint density at radius 2 is 1.78 bits per heavy atom. The average molecular weight is 562 g/mol. The second-order valence-corrected chi connectivity index (χ2v) is 12.2. The second kappa shape index (κ2) is 11.3. The zero-order valence-electron chi connectivity index (χ0n) is 20.3. The van der Waals surface area contributed by atoms with Crippen molar-refractivity contribution in [1.82, 2.24) is 24.4 Å². The van der Waals surface area contributed by atoms with E-state index in [1.807, 2.05) is 4.68 Å². The third-order valence-electron chi connectivity index (χ3n) is 7.74. The monoisotopic (exact) mass is 561 g/mol. The third kappa shape index (κ3) is 6.64. The van der Waals surface area contributed by atoms with Crippen molar-refractivity contribution in [3.63, 3.8) is 0 Å². The summed E-state index contributed by atoms with van der Waals surface area (Å²) in [5.41, 5.74) is -5.14. The van der Waals surface area contributed by atoms with Crippen LogP contribution in [0.25, 0.3) is 0 Å². The van der Waals surface area contributed by atoms with E-state index in [0.717, 1.165) is 25.7 Å². The van der Waals surface area contributed by atoms with Gasteiger partial charge in [-0.3, -0.25) is 9.48 Å². The van der Waals surface area contributed by atoms with Crippen LogP contribution in [-0.2, 0) is 27.8 Å². The Morgan fingerprint density at radius 1 is 1.14 bits per heavy atom. The maximum absolute atomic E-state index is 13.5. The van der Waals surface area contributed by atoms with E-state index in [-0.39, 0.29) is 11.8 Å². The molecule has 1 atom stereocenters. The van der Waals surface area contributed by atoms with Crippen molar-refractivity contribution in [2.75, 3.05) is 13.1 Å². The Morgan fingerprint density at radius 3 is 2.35 bits per heavy atom. The average Bonchev–Trinajstić information content (AvgIpc) is 3.37. The highest BCUT2D eigenvalue weighted by Crippen LogP contribution is 2.47. The highest BCUT2D eigenvalue weighted by Gasteiger charge is 2.49. The Hall–Kier alpha value is -2.18. The predicted molar refractivity (Wildman–Crippen MR) is 132 cm³/mol. The van der Waals surface area contributed by atoms with Gasteiger partial charge in [-0.2, -0.15) is 23.0 Å². The molecular formula is C24H31ClF3N5O3S. The molecule has 2 aromatic rings. The van der Waals surface area contributed by atoms with Gasteiger partial charge in [0.05, 0.1) is 0 Å². The number of hydrogen-bond donors (Lipinski definition) is 1. The van der Waals surface area contributed by atoms with Crippen molar-refractivity contribution >= 4 is 27.5 Å². The molecule has 1 aliphatic heterocycles. The van der Waals surface area contributed by atoms with Crippen LogP contribution < -0.4 is 4.72 Å². The number of likely N-dealkylation sites (tertiary alicyclic amines) is 1. The molecular weight excluding hydrogens is 531 g/mol. The Kier molecular flexibility index (Phi) is 8.49. The molecule has 0 spiro atoms. The lowest BCUT2D eigenvalue weighted by atomic mass is 9.63. The molecule has 1 aromatic heterocycles. The summed E-state index contributed by atoms with van der Waals surface area (Å²) in [7, 11) is -5.73. The van der Waals surface area contributed by atoms with Gasteiger partial charge in [-0.1, -0.05) is 43.0 Å². The number of sulfonamides is 1. The largest absolute Gasteiger partial charge is 0.511 e. The molecule has 204 valence electrons. The number of carbonyl (C=O) groups is 1. The third-order valence-corrected chi connectivity index (χ3v) is 9.20. The van der Waals surface area contributed by atoms with Crippen LogP contribution in [0.15, 0.2) is 36.9 Å². The zero-order chi connectivity index (χ0) is 26.7. The molecule has 2 fully saturated rings. The van der Waals surface area contributed by atoms with Crippen molar-refractivity contribution in [3.8, 4) is 0 Å². The lowest BCUT2D eigenvalue weighted by Gasteiger charge is -2.48. The molecule has 2 heterocycles. The molecule has 37 heavy (non-hydrogen) atoms. The quantitative estimate of drug-likeness (QED) is 0.522. The highest BCUT2D eigenvalue weighted by atomic mass is 35.5. The SMILES string of the molecule is O=C([C@@H](Cc1ccc(Cl)cc1)NS(=O)(=O)C(F)(F)F)N1CCC(Cn2cncn2)(C2CCCCC2)CC1. The first-order valence-electron chi connectivity index (χ1n) is 12.4. The van der Waals surface area contributed by atoms with Crippen LogP contribution in [0.4, 0.5) is 13.2 Å². The van der Waals surface area contributed by atoms with E-state index in [1.54, 1.807) is 35.3 Å². The van der Waals surface area contributed by atoms with E-state index in [9.17, 15) is 26.4 Å². The summed E-state index contributed by atoms with van der Waals surface area (Å²) in [6.07, 6.45) is 9.92. The van der Waals surface area contributed by atoms with Crippen molar-refractivity contribution in [2.45, 2.75) is 69.5 Å². The molecule has 1 amide bonds. The van der Waals surface area contributed by atoms with Gasteiger partial charge < -0.3 is 4.90 Å². The van der Waals surface area contributed by atoms with Gasteiger partial charge in [0.25, 0.3) is 0 Å². The lowest BCUT2D eigenvalue weighted by Crippen LogP contribution is -2.56. The zero-order valence-corrected chi connectivity index (χ0v) is 21.9. The number of aromatic nitrogens is 3. The fourth-order valence-electron chi connectivity index (χ4n) is 5.73. The number of carbonyl (C=O) groups excluding carboxylic acids is 1. The van der Waals surface area contributed by atoms with Crippen LogP contribution >= 0.6 is 11.6 Å². The summed E-state index contributed by atoms with van der Waals surface area (Å²) in [4.78, 5) is 19.0. The molecule has 1 aliphatic carbocycles. The van der Waals surface area contributed by atoms with E-state index in [1.165, 1.54) is 17.6 Å². The van der Waals surface area contributed by atoms with E-state index >= 15 is 0 Å². The molecule has 0 bridgehead atoms. The molecule has 8 nitrogen and oxygen atoms in total. The van der Waals surface area contributed by atoms with Crippen LogP contribution in [0, 0.1) is 11.3 Å². The maximum atomic E-state index is 13.5. The van der Waals surface area contributed by atoms with E-state index in [0.29, 0.717) is 49.0 Å². The van der Waals surface area contributed by atoms with Gasteiger partial charge in [-0.05, 0) is 61.1 Å². The van der Waals surface area contributed by atoms with E-state index < -0.39 is 27.5 Å². The van der Waals surface area contributed by atoms with Gasteiger partial charge >= 0.3 is 15.5 Å². The molecule has 0 radical (unpaired) electrons. The van der Waals surface area contributed by atoms with E-state index in [4.69, 9.17) is 11.6 Å². The lowest BCUT2D eigenvalue weighted by molar-refractivity contribution is -0.136. The number of hydrogen-bond acceptors (Lipinski definition) is 5. The Labute approximate surface area is 219 Å². The summed E-state index contributed by atoms with van der Waals surface area (Å²) in [6, 6.07) is 4.62.